The van der Waals surface area contributed by atoms with Crippen molar-refractivity contribution in [3.63, 3.8) is 0 Å². The molecule has 1 amide bonds. The molecule has 1 saturated heterocycles. The van der Waals surface area contributed by atoms with Crippen molar-refractivity contribution in [2.45, 2.75) is 39.2 Å². The fourth-order valence-corrected chi connectivity index (χ4v) is 3.91. The molecule has 7 heteroatoms. The minimum Gasteiger partial charge on any atom is -0.448 e. The maximum atomic E-state index is 12.7. The van der Waals surface area contributed by atoms with Crippen molar-refractivity contribution < 1.29 is 9.21 Å². The van der Waals surface area contributed by atoms with E-state index in [2.05, 4.69) is 22.1 Å². The van der Waals surface area contributed by atoms with Gasteiger partial charge in [-0.25, -0.2) is 4.98 Å². The van der Waals surface area contributed by atoms with Gasteiger partial charge in [0.25, 0.3) is 5.56 Å². The molecular weight excluding hydrogens is 368 g/mol. The molecule has 0 radical (unpaired) electrons. The van der Waals surface area contributed by atoms with Gasteiger partial charge in [0.05, 0.1) is 6.33 Å². The molecule has 3 aromatic rings. The van der Waals surface area contributed by atoms with Gasteiger partial charge in [0.15, 0.2) is 0 Å². The third kappa shape index (κ3) is 4.50. The maximum absolute atomic E-state index is 12.7. The molecule has 0 saturated carbocycles. The van der Waals surface area contributed by atoms with Crippen LogP contribution < -0.4 is 10.9 Å². The van der Waals surface area contributed by atoms with Crippen LogP contribution in [0.3, 0.4) is 0 Å². The Labute approximate surface area is 169 Å². The van der Waals surface area contributed by atoms with Crippen LogP contribution in [0, 0.1) is 5.92 Å². The van der Waals surface area contributed by atoms with Crippen LogP contribution in [0.2, 0.25) is 0 Å². The van der Waals surface area contributed by atoms with E-state index in [0.29, 0.717) is 17.6 Å². The number of unbranched alkanes of at least 4 members (excludes halogenated alkanes) is 1. The van der Waals surface area contributed by atoms with Crippen LogP contribution in [0.1, 0.15) is 32.6 Å². The van der Waals surface area contributed by atoms with E-state index in [9.17, 15) is 9.59 Å². The minimum atomic E-state index is -0.333. The Kier molecular flexibility index (Phi) is 5.94. The number of nitrogens with one attached hydrogen (secondary N) is 1. The summed E-state index contributed by atoms with van der Waals surface area (Å²) in [5, 5.41) is 3.71. The SMILES string of the molecule is CC1CCN(CCCCNC(=O)Cn2cnc3c(oc4ccccc43)c2=O)CC1. The third-order valence-electron chi connectivity index (χ3n) is 5.76. The fraction of sp³-hybridized carbons (Fsp3) is 0.500. The zero-order chi connectivity index (χ0) is 20.2. The predicted molar refractivity (Wildman–Crippen MR) is 113 cm³/mol. The monoisotopic (exact) mass is 396 g/mol. The van der Waals surface area contributed by atoms with Gasteiger partial charge in [0.1, 0.15) is 17.6 Å². The summed E-state index contributed by atoms with van der Waals surface area (Å²) >= 11 is 0. The number of carbonyl (C=O) groups is 1. The van der Waals surface area contributed by atoms with E-state index in [1.165, 1.54) is 36.8 Å². The molecule has 29 heavy (non-hydrogen) atoms. The molecule has 2 aromatic heterocycles. The van der Waals surface area contributed by atoms with Gasteiger partial charge < -0.3 is 14.6 Å². The second-order valence-corrected chi connectivity index (χ2v) is 8.03. The molecule has 0 atom stereocenters. The Morgan fingerprint density at radius 2 is 2.03 bits per heavy atom. The summed E-state index contributed by atoms with van der Waals surface area (Å²) in [6.45, 7) is 6.36. The summed E-state index contributed by atoms with van der Waals surface area (Å²) in [6, 6.07) is 7.40. The van der Waals surface area contributed by atoms with E-state index in [4.69, 9.17) is 4.42 Å². The topological polar surface area (TPSA) is 80.4 Å². The zero-order valence-corrected chi connectivity index (χ0v) is 16.9. The lowest BCUT2D eigenvalue weighted by Crippen LogP contribution is -2.35. The number of hydrogen-bond acceptors (Lipinski definition) is 5. The van der Waals surface area contributed by atoms with Crippen molar-refractivity contribution in [2.75, 3.05) is 26.2 Å². The van der Waals surface area contributed by atoms with Crippen LogP contribution in [0.5, 0.6) is 0 Å². The second-order valence-electron chi connectivity index (χ2n) is 8.03. The fourth-order valence-electron chi connectivity index (χ4n) is 3.91. The number of carbonyl (C=O) groups excluding carboxylic acids is 1. The molecule has 0 bridgehead atoms. The highest BCUT2D eigenvalue weighted by atomic mass is 16.3. The lowest BCUT2D eigenvalue weighted by Gasteiger charge is -2.30. The highest BCUT2D eigenvalue weighted by Crippen LogP contribution is 2.24. The summed E-state index contributed by atoms with van der Waals surface area (Å²) in [4.78, 5) is 31.7. The molecule has 1 fully saturated rings. The molecule has 154 valence electrons. The lowest BCUT2D eigenvalue weighted by atomic mass is 9.99. The molecule has 3 heterocycles. The normalized spacial score (nSPS) is 15.9. The van der Waals surface area contributed by atoms with Crippen LogP contribution in [-0.4, -0.2) is 46.5 Å². The molecule has 7 nitrogen and oxygen atoms in total. The van der Waals surface area contributed by atoms with Gasteiger partial charge in [-0.05, 0) is 63.4 Å². The number of aromatic nitrogens is 2. The van der Waals surface area contributed by atoms with Crippen molar-refractivity contribution in [2.24, 2.45) is 5.92 Å². The number of benzene rings is 1. The zero-order valence-electron chi connectivity index (χ0n) is 16.9. The summed E-state index contributed by atoms with van der Waals surface area (Å²) in [5.41, 5.74) is 1.02. The van der Waals surface area contributed by atoms with Crippen LogP contribution in [0.4, 0.5) is 0 Å². The molecule has 1 aromatic carbocycles. The number of nitrogens with zero attached hydrogens (tertiary/aromatic N) is 3. The summed E-state index contributed by atoms with van der Waals surface area (Å²) in [6.07, 6.45) is 6.00. The molecular formula is C22H28N4O3. The highest BCUT2D eigenvalue weighted by Gasteiger charge is 2.16. The van der Waals surface area contributed by atoms with Crippen LogP contribution in [-0.2, 0) is 11.3 Å². The Morgan fingerprint density at radius 3 is 2.86 bits per heavy atom. The van der Waals surface area contributed by atoms with Gasteiger partial charge in [0, 0.05) is 11.9 Å². The van der Waals surface area contributed by atoms with Gasteiger partial charge in [0.2, 0.25) is 11.5 Å². The Morgan fingerprint density at radius 1 is 1.24 bits per heavy atom. The molecule has 0 unspecified atom stereocenters. The first-order valence-corrected chi connectivity index (χ1v) is 10.5. The number of para-hydroxylation sites is 1. The first-order valence-electron chi connectivity index (χ1n) is 10.5. The number of amides is 1. The number of hydrogen-bond donors (Lipinski definition) is 1. The number of fused-ring (bicyclic) bond motifs is 3. The first-order chi connectivity index (χ1) is 14.1. The number of likely N-dealkylation sites (tertiary alicyclic amines) is 1. The van der Waals surface area contributed by atoms with Crippen LogP contribution >= 0.6 is 0 Å². The molecule has 4 rings (SSSR count). The standard InChI is InChI=1S/C22H28N4O3/c1-16-8-12-25(13-9-16)11-5-4-10-23-19(27)14-26-15-24-20-17-6-2-3-7-18(17)29-21(20)22(26)28/h2-3,6-7,15-16H,4-5,8-14H2,1H3,(H,23,27). The van der Waals surface area contributed by atoms with Gasteiger partial charge in [-0.3, -0.25) is 14.2 Å². The Hall–Kier alpha value is -2.67. The van der Waals surface area contributed by atoms with E-state index in [1.807, 2.05) is 18.2 Å². The van der Waals surface area contributed by atoms with Crippen LogP contribution in [0.15, 0.2) is 39.8 Å². The molecule has 0 aliphatic carbocycles. The van der Waals surface area contributed by atoms with E-state index in [-0.39, 0.29) is 23.6 Å². The minimum absolute atomic E-state index is 0.0527. The van der Waals surface area contributed by atoms with Gasteiger partial charge >= 0.3 is 0 Å². The highest BCUT2D eigenvalue weighted by molar-refractivity contribution is 6.01. The molecule has 1 N–H and O–H groups in total. The molecule has 1 aliphatic rings. The number of piperidine rings is 1. The Bertz CT molecular complexity index is 1050. The van der Waals surface area contributed by atoms with Crippen molar-refractivity contribution >= 4 is 28.0 Å². The predicted octanol–water partition coefficient (Wildman–Crippen LogP) is 2.77. The summed E-state index contributed by atoms with van der Waals surface area (Å²) < 4.78 is 6.95. The molecule has 0 spiro atoms. The van der Waals surface area contributed by atoms with E-state index >= 15 is 0 Å². The number of furan rings is 1. The van der Waals surface area contributed by atoms with Gasteiger partial charge in [-0.1, -0.05) is 19.1 Å². The maximum Gasteiger partial charge on any atom is 0.297 e. The van der Waals surface area contributed by atoms with Crippen molar-refractivity contribution in [1.82, 2.24) is 19.8 Å². The van der Waals surface area contributed by atoms with Gasteiger partial charge in [-0.2, -0.15) is 0 Å². The third-order valence-corrected chi connectivity index (χ3v) is 5.76. The smallest absolute Gasteiger partial charge is 0.297 e. The van der Waals surface area contributed by atoms with Crippen LogP contribution in [0.25, 0.3) is 22.1 Å². The lowest BCUT2D eigenvalue weighted by molar-refractivity contribution is -0.121. The largest absolute Gasteiger partial charge is 0.448 e. The van der Waals surface area contributed by atoms with Crippen molar-refractivity contribution in [1.29, 1.82) is 0 Å². The molecule has 1 aliphatic heterocycles. The second kappa shape index (κ2) is 8.78. The first kappa shape index (κ1) is 19.6. The van der Waals surface area contributed by atoms with Crippen molar-refractivity contribution in [3.8, 4) is 0 Å². The van der Waals surface area contributed by atoms with Crippen molar-refractivity contribution in [3.05, 3.63) is 40.9 Å². The van der Waals surface area contributed by atoms with E-state index in [0.717, 1.165) is 30.7 Å². The van der Waals surface area contributed by atoms with Gasteiger partial charge in [-0.15, -0.1) is 0 Å². The number of rotatable bonds is 7. The van der Waals surface area contributed by atoms with E-state index in [1.54, 1.807) is 6.07 Å². The Balaban J connectivity index is 1.27. The average Bonchev–Trinajstić information content (AvgIpc) is 3.11. The van der Waals surface area contributed by atoms with E-state index < -0.39 is 0 Å². The summed E-state index contributed by atoms with van der Waals surface area (Å²) in [5.74, 6) is 0.665. The summed E-state index contributed by atoms with van der Waals surface area (Å²) in [7, 11) is 0. The average molecular weight is 396 g/mol. The quantitative estimate of drug-likeness (QED) is 0.621.